The van der Waals surface area contributed by atoms with Gasteiger partial charge in [-0.05, 0) is 44.9 Å². The molecule has 1 aromatic rings. The summed E-state index contributed by atoms with van der Waals surface area (Å²) in [6.07, 6.45) is 1.89. The minimum Gasteiger partial charge on any atom is -0.483 e. The lowest BCUT2D eigenvalue weighted by Crippen LogP contribution is -2.45. The molecule has 98 valence electrons. The largest absolute Gasteiger partial charge is 0.483 e. The molecule has 0 heterocycles. The molecule has 0 amide bonds. The van der Waals surface area contributed by atoms with Crippen LogP contribution in [0.4, 0.5) is 5.69 Å². The van der Waals surface area contributed by atoms with E-state index in [9.17, 15) is 10.1 Å². The normalized spacial score (nSPS) is 22.4. The highest BCUT2D eigenvalue weighted by atomic mass is 16.6. The van der Waals surface area contributed by atoms with Crippen molar-refractivity contribution in [3.8, 4) is 5.75 Å². The third-order valence-electron chi connectivity index (χ3n) is 3.38. The first-order chi connectivity index (χ1) is 8.51. The summed E-state index contributed by atoms with van der Waals surface area (Å²) >= 11 is 0. The van der Waals surface area contributed by atoms with Crippen LogP contribution in [-0.4, -0.2) is 24.1 Å². The zero-order chi connectivity index (χ0) is 13.3. The number of aryl methyl sites for hydroxylation is 2. The van der Waals surface area contributed by atoms with E-state index in [1.807, 2.05) is 27.0 Å². The summed E-state index contributed by atoms with van der Waals surface area (Å²) in [7, 11) is 1.92. The number of hydrogen-bond acceptors (Lipinski definition) is 4. The summed E-state index contributed by atoms with van der Waals surface area (Å²) in [6, 6.07) is 3.95. The molecule has 18 heavy (non-hydrogen) atoms. The molecule has 0 aliphatic heterocycles. The second-order valence-corrected chi connectivity index (χ2v) is 4.88. The number of nitro benzene ring substituents is 1. The van der Waals surface area contributed by atoms with E-state index in [1.165, 1.54) is 0 Å². The van der Waals surface area contributed by atoms with Crippen LogP contribution in [0.2, 0.25) is 0 Å². The van der Waals surface area contributed by atoms with E-state index in [1.54, 1.807) is 6.07 Å². The van der Waals surface area contributed by atoms with E-state index in [0.29, 0.717) is 11.8 Å². The molecule has 1 saturated carbocycles. The maximum Gasteiger partial charge on any atom is 0.311 e. The van der Waals surface area contributed by atoms with E-state index in [-0.39, 0.29) is 16.7 Å². The van der Waals surface area contributed by atoms with Crippen LogP contribution < -0.4 is 10.1 Å². The van der Waals surface area contributed by atoms with Gasteiger partial charge in [-0.1, -0.05) is 6.07 Å². The van der Waals surface area contributed by atoms with Gasteiger partial charge in [0.15, 0.2) is 5.75 Å². The summed E-state index contributed by atoms with van der Waals surface area (Å²) < 4.78 is 5.78. The van der Waals surface area contributed by atoms with Crippen LogP contribution in [0.3, 0.4) is 0 Å². The third kappa shape index (κ3) is 2.46. The van der Waals surface area contributed by atoms with Gasteiger partial charge >= 0.3 is 5.69 Å². The van der Waals surface area contributed by atoms with E-state index in [2.05, 4.69) is 5.32 Å². The van der Waals surface area contributed by atoms with Crippen LogP contribution in [0.15, 0.2) is 12.1 Å². The molecule has 0 atom stereocenters. The molecule has 0 saturated heterocycles. The van der Waals surface area contributed by atoms with Crippen molar-refractivity contribution in [3.63, 3.8) is 0 Å². The van der Waals surface area contributed by atoms with Crippen LogP contribution in [0.5, 0.6) is 5.75 Å². The van der Waals surface area contributed by atoms with Crippen molar-refractivity contribution in [3.05, 3.63) is 33.4 Å². The Labute approximate surface area is 106 Å². The Bertz CT molecular complexity index is 468. The standard InChI is InChI=1S/C13H18N2O3/c1-8-4-9(2)13(12(5-8)15(16)17)18-11-6-10(7-11)14-3/h4-5,10-11,14H,6-7H2,1-3H3. The van der Waals surface area contributed by atoms with E-state index >= 15 is 0 Å². The summed E-state index contributed by atoms with van der Waals surface area (Å²) in [5.74, 6) is 0.421. The quantitative estimate of drug-likeness (QED) is 0.658. The Morgan fingerprint density at radius 1 is 1.39 bits per heavy atom. The topological polar surface area (TPSA) is 64.4 Å². The van der Waals surface area contributed by atoms with Crippen molar-refractivity contribution in [1.29, 1.82) is 0 Å². The van der Waals surface area contributed by atoms with Crippen LogP contribution in [0, 0.1) is 24.0 Å². The lowest BCUT2D eigenvalue weighted by atomic mass is 9.89. The lowest BCUT2D eigenvalue weighted by Gasteiger charge is -2.35. The van der Waals surface area contributed by atoms with Gasteiger partial charge in [0, 0.05) is 12.1 Å². The minimum atomic E-state index is -0.371. The van der Waals surface area contributed by atoms with Crippen molar-refractivity contribution in [2.75, 3.05) is 7.05 Å². The Balaban J connectivity index is 2.19. The van der Waals surface area contributed by atoms with Gasteiger partial charge in [0.2, 0.25) is 0 Å². The summed E-state index contributed by atoms with van der Waals surface area (Å²) in [5.41, 5.74) is 1.78. The molecule has 0 bridgehead atoms. The predicted molar refractivity (Wildman–Crippen MR) is 69.1 cm³/mol. The van der Waals surface area contributed by atoms with Gasteiger partial charge in [0.1, 0.15) is 6.10 Å². The molecule has 5 heteroatoms. The zero-order valence-electron chi connectivity index (χ0n) is 10.9. The summed E-state index contributed by atoms with van der Waals surface area (Å²) in [6.45, 7) is 3.70. The monoisotopic (exact) mass is 250 g/mol. The average Bonchev–Trinajstić information content (AvgIpc) is 2.24. The Morgan fingerprint density at radius 3 is 2.61 bits per heavy atom. The SMILES string of the molecule is CNC1CC(Oc2c(C)cc(C)cc2[N+](=O)[O-])C1. The number of rotatable bonds is 4. The zero-order valence-corrected chi connectivity index (χ0v) is 10.9. The fraction of sp³-hybridized carbons (Fsp3) is 0.538. The average molecular weight is 250 g/mol. The molecular weight excluding hydrogens is 232 g/mol. The maximum absolute atomic E-state index is 11.0. The molecule has 1 N–H and O–H groups in total. The van der Waals surface area contributed by atoms with E-state index in [4.69, 9.17) is 4.74 Å². The van der Waals surface area contributed by atoms with Crippen LogP contribution >= 0.6 is 0 Å². The van der Waals surface area contributed by atoms with Gasteiger partial charge in [-0.25, -0.2) is 0 Å². The fourth-order valence-electron chi connectivity index (χ4n) is 2.29. The van der Waals surface area contributed by atoms with Gasteiger partial charge in [-0.2, -0.15) is 0 Å². The third-order valence-corrected chi connectivity index (χ3v) is 3.38. The number of ether oxygens (including phenoxy) is 1. The molecule has 1 aliphatic carbocycles. The van der Waals surface area contributed by atoms with Crippen molar-refractivity contribution < 1.29 is 9.66 Å². The van der Waals surface area contributed by atoms with Gasteiger partial charge in [-0.3, -0.25) is 10.1 Å². The number of nitrogens with zero attached hydrogens (tertiary/aromatic N) is 1. The fourth-order valence-corrected chi connectivity index (χ4v) is 2.29. The van der Waals surface area contributed by atoms with Crippen molar-refractivity contribution in [1.82, 2.24) is 5.32 Å². The predicted octanol–water partition coefficient (Wildman–Crippen LogP) is 2.34. The maximum atomic E-state index is 11.0. The van der Waals surface area contributed by atoms with Gasteiger partial charge in [0.25, 0.3) is 0 Å². The Morgan fingerprint density at radius 2 is 2.06 bits per heavy atom. The molecule has 0 aromatic heterocycles. The number of nitro groups is 1. The second-order valence-electron chi connectivity index (χ2n) is 4.88. The first-order valence-electron chi connectivity index (χ1n) is 6.10. The van der Waals surface area contributed by atoms with Gasteiger partial charge < -0.3 is 10.1 Å². The molecule has 0 spiro atoms. The first kappa shape index (κ1) is 12.8. The van der Waals surface area contributed by atoms with Gasteiger partial charge in [0.05, 0.1) is 4.92 Å². The molecule has 0 unspecified atom stereocenters. The Hall–Kier alpha value is -1.62. The van der Waals surface area contributed by atoms with Gasteiger partial charge in [-0.15, -0.1) is 0 Å². The highest BCUT2D eigenvalue weighted by molar-refractivity contribution is 5.53. The van der Waals surface area contributed by atoms with E-state index < -0.39 is 0 Å². The number of nitrogens with one attached hydrogen (secondary N) is 1. The smallest absolute Gasteiger partial charge is 0.311 e. The number of hydrogen-bond donors (Lipinski definition) is 1. The second kappa shape index (κ2) is 4.94. The molecule has 0 radical (unpaired) electrons. The van der Waals surface area contributed by atoms with Crippen molar-refractivity contribution >= 4 is 5.69 Å². The number of benzene rings is 1. The first-order valence-corrected chi connectivity index (χ1v) is 6.10. The van der Waals surface area contributed by atoms with Crippen LogP contribution in [0.1, 0.15) is 24.0 Å². The molecule has 2 rings (SSSR count). The molecular formula is C13H18N2O3. The van der Waals surface area contributed by atoms with E-state index in [0.717, 1.165) is 24.0 Å². The highest BCUT2D eigenvalue weighted by Crippen LogP contribution is 2.35. The summed E-state index contributed by atoms with van der Waals surface area (Å²) in [4.78, 5) is 10.7. The van der Waals surface area contributed by atoms with Crippen molar-refractivity contribution in [2.45, 2.75) is 38.8 Å². The molecule has 1 aliphatic rings. The summed E-state index contributed by atoms with van der Waals surface area (Å²) in [5, 5.41) is 14.2. The molecule has 5 nitrogen and oxygen atoms in total. The van der Waals surface area contributed by atoms with Crippen LogP contribution in [-0.2, 0) is 0 Å². The molecule has 1 fully saturated rings. The lowest BCUT2D eigenvalue weighted by molar-refractivity contribution is -0.386. The van der Waals surface area contributed by atoms with Crippen molar-refractivity contribution in [2.24, 2.45) is 0 Å². The minimum absolute atomic E-state index is 0.0698. The highest BCUT2D eigenvalue weighted by Gasteiger charge is 2.32. The molecule has 1 aromatic carbocycles. The van der Waals surface area contributed by atoms with Crippen LogP contribution in [0.25, 0.3) is 0 Å². The Kier molecular flexibility index (Phi) is 3.52.